The van der Waals surface area contributed by atoms with Gasteiger partial charge in [-0.25, -0.2) is 10.1 Å². The summed E-state index contributed by atoms with van der Waals surface area (Å²) in [5.74, 6) is 1.91. The van der Waals surface area contributed by atoms with Crippen LogP contribution < -0.4 is 5.73 Å². The lowest BCUT2D eigenvalue weighted by Crippen LogP contribution is -2.08. The molecule has 0 bridgehead atoms. The SMILES string of the molecule is CC(CCC1CCCCC1)c1cc(N)nc2[nH]nnc12. The molecule has 1 atom stereocenters. The summed E-state index contributed by atoms with van der Waals surface area (Å²) in [5, 5.41) is 10.8. The maximum absolute atomic E-state index is 5.87. The molecule has 108 valence electrons. The predicted molar refractivity (Wildman–Crippen MR) is 80.3 cm³/mol. The van der Waals surface area contributed by atoms with Gasteiger partial charge in [-0.1, -0.05) is 44.2 Å². The van der Waals surface area contributed by atoms with Crippen LogP contribution in [0.2, 0.25) is 0 Å². The Balaban J connectivity index is 1.71. The van der Waals surface area contributed by atoms with Gasteiger partial charge in [-0.2, -0.15) is 0 Å². The van der Waals surface area contributed by atoms with Crippen molar-refractivity contribution in [3.05, 3.63) is 11.6 Å². The first-order valence-corrected chi connectivity index (χ1v) is 7.71. The fraction of sp³-hybridized carbons (Fsp3) is 0.667. The highest BCUT2D eigenvalue weighted by molar-refractivity contribution is 5.76. The molecular weight excluding hydrogens is 250 g/mol. The summed E-state index contributed by atoms with van der Waals surface area (Å²) in [4.78, 5) is 4.23. The standard InChI is InChI=1S/C15H23N5/c1-10(7-8-11-5-3-2-4-6-11)12-9-13(16)17-15-14(12)18-20-19-15/h9-11H,2-8H2,1H3,(H3,16,17,18,19,20). The summed E-state index contributed by atoms with van der Waals surface area (Å²) in [6.07, 6.45) is 9.56. The highest BCUT2D eigenvalue weighted by Gasteiger charge is 2.18. The van der Waals surface area contributed by atoms with E-state index in [4.69, 9.17) is 5.73 Å². The molecule has 2 heterocycles. The number of aromatic nitrogens is 4. The van der Waals surface area contributed by atoms with E-state index in [2.05, 4.69) is 27.3 Å². The number of hydrogen-bond donors (Lipinski definition) is 2. The van der Waals surface area contributed by atoms with Crippen LogP contribution in [0.3, 0.4) is 0 Å². The second-order valence-electron chi connectivity index (χ2n) is 6.13. The Morgan fingerprint density at radius 3 is 2.95 bits per heavy atom. The topological polar surface area (TPSA) is 80.5 Å². The van der Waals surface area contributed by atoms with Gasteiger partial charge in [-0.3, -0.25) is 0 Å². The van der Waals surface area contributed by atoms with Gasteiger partial charge < -0.3 is 5.73 Å². The van der Waals surface area contributed by atoms with Crippen LogP contribution in [-0.4, -0.2) is 20.4 Å². The van der Waals surface area contributed by atoms with Gasteiger partial charge in [0.05, 0.1) is 0 Å². The zero-order valence-electron chi connectivity index (χ0n) is 12.1. The first-order chi connectivity index (χ1) is 9.74. The number of aromatic amines is 1. The number of nitrogen functional groups attached to an aromatic ring is 1. The van der Waals surface area contributed by atoms with Crippen molar-refractivity contribution in [1.82, 2.24) is 20.4 Å². The molecular formula is C15H23N5. The molecule has 2 aromatic heterocycles. The normalized spacial score (nSPS) is 18.4. The van der Waals surface area contributed by atoms with Gasteiger partial charge >= 0.3 is 0 Å². The molecule has 0 spiro atoms. The van der Waals surface area contributed by atoms with Gasteiger partial charge in [0, 0.05) is 0 Å². The maximum atomic E-state index is 5.87. The Bertz CT molecular complexity index is 571. The third-order valence-corrected chi connectivity index (χ3v) is 4.61. The summed E-state index contributed by atoms with van der Waals surface area (Å²) in [5.41, 5.74) is 8.62. The van der Waals surface area contributed by atoms with Crippen molar-refractivity contribution in [2.45, 2.75) is 57.8 Å². The lowest BCUT2D eigenvalue weighted by Gasteiger charge is -2.23. The minimum absolute atomic E-state index is 0.454. The van der Waals surface area contributed by atoms with Crippen LogP contribution in [0.15, 0.2) is 6.07 Å². The maximum Gasteiger partial charge on any atom is 0.178 e. The van der Waals surface area contributed by atoms with Crippen molar-refractivity contribution in [3.8, 4) is 0 Å². The van der Waals surface area contributed by atoms with Crippen molar-refractivity contribution in [2.24, 2.45) is 5.92 Å². The Hall–Kier alpha value is -1.65. The van der Waals surface area contributed by atoms with E-state index in [0.717, 1.165) is 11.4 Å². The third-order valence-electron chi connectivity index (χ3n) is 4.61. The first kappa shape index (κ1) is 13.3. The molecule has 0 amide bonds. The Morgan fingerprint density at radius 2 is 2.15 bits per heavy atom. The van der Waals surface area contributed by atoms with E-state index in [0.29, 0.717) is 17.4 Å². The first-order valence-electron chi connectivity index (χ1n) is 7.71. The van der Waals surface area contributed by atoms with Crippen molar-refractivity contribution >= 4 is 17.0 Å². The Kier molecular flexibility index (Phi) is 3.85. The second kappa shape index (κ2) is 5.77. The number of pyridine rings is 1. The zero-order chi connectivity index (χ0) is 13.9. The molecule has 1 fully saturated rings. The molecule has 1 aliphatic rings. The van der Waals surface area contributed by atoms with Crippen molar-refractivity contribution in [2.75, 3.05) is 5.73 Å². The highest BCUT2D eigenvalue weighted by Crippen LogP contribution is 2.32. The summed E-state index contributed by atoms with van der Waals surface area (Å²) < 4.78 is 0. The van der Waals surface area contributed by atoms with Crippen LogP contribution in [0.25, 0.3) is 11.2 Å². The van der Waals surface area contributed by atoms with Crippen LogP contribution in [0.5, 0.6) is 0 Å². The number of nitrogens with two attached hydrogens (primary N) is 1. The van der Waals surface area contributed by atoms with Gasteiger partial charge in [0.15, 0.2) is 5.65 Å². The molecule has 0 aliphatic heterocycles. The molecule has 3 N–H and O–H groups in total. The molecule has 1 saturated carbocycles. The number of anilines is 1. The molecule has 20 heavy (non-hydrogen) atoms. The van der Waals surface area contributed by atoms with Crippen LogP contribution in [0.4, 0.5) is 5.82 Å². The fourth-order valence-corrected chi connectivity index (χ4v) is 3.38. The molecule has 5 nitrogen and oxygen atoms in total. The highest BCUT2D eigenvalue weighted by atomic mass is 15.3. The number of nitrogens with zero attached hydrogens (tertiary/aromatic N) is 3. The van der Waals surface area contributed by atoms with E-state index < -0.39 is 0 Å². The van der Waals surface area contributed by atoms with Crippen LogP contribution in [0.1, 0.15) is 63.4 Å². The fourth-order valence-electron chi connectivity index (χ4n) is 3.38. The molecule has 0 aromatic carbocycles. The van der Waals surface area contributed by atoms with E-state index in [1.807, 2.05) is 6.07 Å². The number of rotatable bonds is 4. The molecule has 1 unspecified atom stereocenters. The van der Waals surface area contributed by atoms with E-state index in [9.17, 15) is 0 Å². The van der Waals surface area contributed by atoms with Gasteiger partial charge in [-0.05, 0) is 36.3 Å². The largest absolute Gasteiger partial charge is 0.384 e. The summed E-state index contributed by atoms with van der Waals surface area (Å²) in [6.45, 7) is 2.26. The van der Waals surface area contributed by atoms with E-state index in [1.165, 1.54) is 50.5 Å². The lowest BCUT2D eigenvalue weighted by atomic mass is 9.83. The molecule has 0 radical (unpaired) electrons. The van der Waals surface area contributed by atoms with Gasteiger partial charge in [0.1, 0.15) is 11.3 Å². The molecule has 3 rings (SSSR count). The van der Waals surface area contributed by atoms with Crippen LogP contribution in [0, 0.1) is 5.92 Å². The average molecular weight is 273 g/mol. The zero-order valence-corrected chi connectivity index (χ0v) is 12.1. The number of H-pyrrole nitrogens is 1. The summed E-state index contributed by atoms with van der Waals surface area (Å²) >= 11 is 0. The average Bonchev–Trinajstić information content (AvgIpc) is 2.93. The van der Waals surface area contributed by atoms with Gasteiger partial charge in [0.2, 0.25) is 0 Å². The van der Waals surface area contributed by atoms with E-state index in [-0.39, 0.29) is 0 Å². The number of hydrogen-bond acceptors (Lipinski definition) is 4. The van der Waals surface area contributed by atoms with Crippen LogP contribution in [-0.2, 0) is 0 Å². The smallest absolute Gasteiger partial charge is 0.178 e. The predicted octanol–water partition coefficient (Wildman–Crippen LogP) is 3.40. The lowest BCUT2D eigenvalue weighted by molar-refractivity contribution is 0.326. The van der Waals surface area contributed by atoms with Crippen molar-refractivity contribution in [1.29, 1.82) is 0 Å². The minimum atomic E-state index is 0.454. The summed E-state index contributed by atoms with van der Waals surface area (Å²) in [6, 6.07) is 1.95. The third kappa shape index (κ3) is 2.76. The monoisotopic (exact) mass is 273 g/mol. The van der Waals surface area contributed by atoms with Gasteiger partial charge in [-0.15, -0.1) is 5.10 Å². The molecule has 2 aromatic rings. The molecule has 0 saturated heterocycles. The van der Waals surface area contributed by atoms with Crippen molar-refractivity contribution < 1.29 is 0 Å². The van der Waals surface area contributed by atoms with E-state index in [1.54, 1.807) is 0 Å². The number of fused-ring (bicyclic) bond motifs is 1. The minimum Gasteiger partial charge on any atom is -0.384 e. The van der Waals surface area contributed by atoms with Crippen molar-refractivity contribution in [3.63, 3.8) is 0 Å². The Morgan fingerprint density at radius 1 is 1.35 bits per heavy atom. The van der Waals surface area contributed by atoms with Gasteiger partial charge in [0.25, 0.3) is 0 Å². The molecule has 5 heteroatoms. The van der Waals surface area contributed by atoms with Crippen LogP contribution >= 0.6 is 0 Å². The number of nitrogens with one attached hydrogen (secondary N) is 1. The summed E-state index contributed by atoms with van der Waals surface area (Å²) in [7, 11) is 0. The Labute approximate surface area is 119 Å². The second-order valence-corrected chi connectivity index (χ2v) is 6.13. The van der Waals surface area contributed by atoms with E-state index >= 15 is 0 Å². The quantitative estimate of drug-likeness (QED) is 0.894. The molecule has 1 aliphatic carbocycles.